The normalized spacial score (nSPS) is 12.9. The second-order valence-corrected chi connectivity index (χ2v) is 6.02. The predicted molar refractivity (Wildman–Crippen MR) is 86.2 cm³/mol. The molecule has 0 aliphatic carbocycles. The van der Waals surface area contributed by atoms with Gasteiger partial charge in [0.15, 0.2) is 0 Å². The van der Waals surface area contributed by atoms with E-state index in [4.69, 9.17) is 11.6 Å². The molecule has 0 saturated carbocycles. The smallest absolute Gasteiger partial charge is 0.146 e. The minimum Gasteiger partial charge on any atom is -0.349 e. The molecule has 21 heavy (non-hydrogen) atoms. The second kappa shape index (κ2) is 7.10. The molecule has 0 aliphatic heterocycles. The van der Waals surface area contributed by atoms with Crippen LogP contribution in [0.1, 0.15) is 37.9 Å². The summed E-state index contributed by atoms with van der Waals surface area (Å²) in [5.74, 6) is 0.171. The maximum absolute atomic E-state index is 13.9. The highest BCUT2D eigenvalue weighted by Crippen LogP contribution is 2.23. The fraction of sp³-hybridized carbons (Fsp3) is 0.412. The Hall–Kier alpha value is -1.32. The first-order valence-electron chi connectivity index (χ1n) is 7.34. The number of rotatable bonds is 6. The van der Waals surface area contributed by atoms with Crippen LogP contribution in [0.2, 0.25) is 5.02 Å². The third-order valence-corrected chi connectivity index (χ3v) is 3.90. The molecule has 2 aromatic rings. The zero-order chi connectivity index (χ0) is 15.4. The van der Waals surface area contributed by atoms with Crippen molar-refractivity contribution in [1.29, 1.82) is 0 Å². The van der Waals surface area contributed by atoms with Crippen molar-refractivity contribution in [2.24, 2.45) is 5.92 Å². The molecule has 0 bridgehead atoms. The van der Waals surface area contributed by atoms with Crippen LogP contribution in [0.5, 0.6) is 0 Å². The van der Waals surface area contributed by atoms with E-state index in [0.717, 1.165) is 6.54 Å². The Kier molecular flexibility index (Phi) is 5.43. The maximum Gasteiger partial charge on any atom is 0.146 e. The van der Waals surface area contributed by atoms with Crippen molar-refractivity contribution in [2.45, 2.75) is 33.4 Å². The first-order chi connectivity index (χ1) is 10.0. The average Bonchev–Trinajstić information content (AvgIpc) is 2.89. The fourth-order valence-corrected chi connectivity index (χ4v) is 2.76. The summed E-state index contributed by atoms with van der Waals surface area (Å²) in [6, 6.07) is 7.53. The van der Waals surface area contributed by atoms with Crippen LogP contribution in [-0.4, -0.2) is 11.1 Å². The van der Waals surface area contributed by atoms with Crippen molar-refractivity contribution in [1.82, 2.24) is 9.88 Å². The maximum atomic E-state index is 13.9. The second-order valence-electron chi connectivity index (χ2n) is 5.61. The van der Waals surface area contributed by atoms with E-state index in [9.17, 15) is 4.39 Å². The van der Waals surface area contributed by atoms with E-state index in [1.807, 2.05) is 10.8 Å². The third kappa shape index (κ3) is 3.86. The van der Waals surface area contributed by atoms with Gasteiger partial charge in [0.2, 0.25) is 0 Å². The van der Waals surface area contributed by atoms with Crippen LogP contribution in [0.15, 0.2) is 36.7 Å². The van der Waals surface area contributed by atoms with Gasteiger partial charge in [0.25, 0.3) is 0 Å². The molecule has 1 heterocycles. The highest BCUT2D eigenvalue weighted by molar-refractivity contribution is 6.30. The number of hydrogen-bond acceptors (Lipinski definition) is 1. The molecule has 1 N–H and O–H groups in total. The van der Waals surface area contributed by atoms with Gasteiger partial charge in [-0.3, -0.25) is 0 Å². The zero-order valence-electron chi connectivity index (χ0n) is 12.7. The molecule has 1 atom stereocenters. The molecule has 0 saturated heterocycles. The van der Waals surface area contributed by atoms with Gasteiger partial charge < -0.3 is 9.88 Å². The topological polar surface area (TPSA) is 17.0 Å². The van der Waals surface area contributed by atoms with Crippen LogP contribution in [0.4, 0.5) is 4.39 Å². The summed E-state index contributed by atoms with van der Waals surface area (Å²) in [6.45, 7) is 7.91. The van der Waals surface area contributed by atoms with Gasteiger partial charge in [-0.25, -0.2) is 4.39 Å². The Bertz CT molecular complexity index is 592. The summed E-state index contributed by atoms with van der Waals surface area (Å²) in [5, 5.41) is 3.66. The Morgan fingerprint density at radius 2 is 2.05 bits per heavy atom. The molecule has 1 aromatic heterocycles. The largest absolute Gasteiger partial charge is 0.349 e. The molecule has 1 aromatic carbocycles. The van der Waals surface area contributed by atoms with Crippen LogP contribution < -0.4 is 5.32 Å². The number of nitrogens with zero attached hydrogens (tertiary/aromatic N) is 1. The van der Waals surface area contributed by atoms with Crippen molar-refractivity contribution in [3.63, 3.8) is 0 Å². The molecular weight excluding hydrogens is 287 g/mol. The molecule has 114 valence electrons. The third-order valence-electron chi connectivity index (χ3n) is 3.61. The monoisotopic (exact) mass is 308 g/mol. The number of benzene rings is 1. The first-order valence-corrected chi connectivity index (χ1v) is 7.72. The van der Waals surface area contributed by atoms with E-state index in [2.05, 4.69) is 38.4 Å². The van der Waals surface area contributed by atoms with Crippen molar-refractivity contribution in [3.05, 3.63) is 58.6 Å². The minimum atomic E-state index is -0.332. The van der Waals surface area contributed by atoms with Gasteiger partial charge in [-0.1, -0.05) is 44.5 Å². The fourth-order valence-electron chi connectivity index (χ4n) is 2.57. The summed E-state index contributed by atoms with van der Waals surface area (Å²) >= 11 is 5.82. The first kappa shape index (κ1) is 16.1. The quantitative estimate of drug-likeness (QED) is 0.823. The van der Waals surface area contributed by atoms with Crippen LogP contribution in [0, 0.1) is 11.7 Å². The van der Waals surface area contributed by atoms with Crippen molar-refractivity contribution >= 4 is 11.6 Å². The van der Waals surface area contributed by atoms with E-state index in [-0.39, 0.29) is 10.8 Å². The molecule has 2 nitrogen and oxygen atoms in total. The molecule has 2 rings (SSSR count). The SMILES string of the molecule is CCNC(c1ccn(Cc2cccc(Cl)c2F)c1)C(C)C. The van der Waals surface area contributed by atoms with Gasteiger partial charge >= 0.3 is 0 Å². The Morgan fingerprint density at radius 1 is 1.29 bits per heavy atom. The van der Waals surface area contributed by atoms with E-state index in [0.29, 0.717) is 24.1 Å². The lowest BCUT2D eigenvalue weighted by Crippen LogP contribution is -2.25. The standard InChI is InChI=1S/C17H22ClFN2/c1-4-20-17(12(2)3)14-8-9-21(11-14)10-13-6-5-7-15(18)16(13)19/h5-9,11-12,17,20H,4,10H2,1-3H3. The lowest BCUT2D eigenvalue weighted by atomic mass is 9.98. The zero-order valence-corrected chi connectivity index (χ0v) is 13.5. The summed E-state index contributed by atoms with van der Waals surface area (Å²) in [5.41, 5.74) is 1.84. The predicted octanol–water partition coefficient (Wildman–Crippen LogP) is 4.64. The molecule has 0 spiro atoms. The van der Waals surface area contributed by atoms with Crippen molar-refractivity contribution < 1.29 is 4.39 Å². The van der Waals surface area contributed by atoms with Gasteiger partial charge in [-0.2, -0.15) is 0 Å². The van der Waals surface area contributed by atoms with Gasteiger partial charge in [-0.15, -0.1) is 0 Å². The van der Waals surface area contributed by atoms with E-state index >= 15 is 0 Å². The summed E-state index contributed by atoms with van der Waals surface area (Å²) in [7, 11) is 0. The van der Waals surface area contributed by atoms with Crippen LogP contribution in [0.25, 0.3) is 0 Å². The summed E-state index contributed by atoms with van der Waals surface area (Å²) in [6.07, 6.45) is 4.07. The molecular formula is C17H22ClFN2. The summed E-state index contributed by atoms with van der Waals surface area (Å²) in [4.78, 5) is 0. The van der Waals surface area contributed by atoms with Crippen molar-refractivity contribution in [3.8, 4) is 0 Å². The van der Waals surface area contributed by atoms with Crippen LogP contribution in [0.3, 0.4) is 0 Å². The van der Waals surface area contributed by atoms with E-state index in [1.54, 1.807) is 18.2 Å². The Morgan fingerprint density at radius 3 is 2.71 bits per heavy atom. The van der Waals surface area contributed by atoms with Gasteiger partial charge in [0.1, 0.15) is 5.82 Å². The Balaban J connectivity index is 2.18. The van der Waals surface area contributed by atoms with Gasteiger partial charge in [0.05, 0.1) is 5.02 Å². The number of hydrogen-bond donors (Lipinski definition) is 1. The van der Waals surface area contributed by atoms with Crippen molar-refractivity contribution in [2.75, 3.05) is 6.54 Å². The van der Waals surface area contributed by atoms with Crippen LogP contribution >= 0.6 is 11.6 Å². The van der Waals surface area contributed by atoms with Crippen LogP contribution in [-0.2, 0) is 6.54 Å². The molecule has 0 radical (unpaired) electrons. The molecule has 0 fully saturated rings. The molecule has 0 aliphatic rings. The van der Waals surface area contributed by atoms with E-state index in [1.165, 1.54) is 5.56 Å². The molecule has 4 heteroatoms. The lowest BCUT2D eigenvalue weighted by molar-refractivity contribution is 0.421. The molecule has 0 amide bonds. The highest BCUT2D eigenvalue weighted by atomic mass is 35.5. The van der Waals surface area contributed by atoms with Gasteiger partial charge in [-0.05, 0) is 30.2 Å². The average molecular weight is 309 g/mol. The number of aromatic nitrogens is 1. The lowest BCUT2D eigenvalue weighted by Gasteiger charge is -2.20. The minimum absolute atomic E-state index is 0.174. The molecule has 1 unspecified atom stereocenters. The van der Waals surface area contributed by atoms with E-state index < -0.39 is 0 Å². The highest BCUT2D eigenvalue weighted by Gasteiger charge is 2.16. The number of nitrogens with one attached hydrogen (secondary N) is 1. The summed E-state index contributed by atoms with van der Waals surface area (Å²) < 4.78 is 15.9. The number of halogens is 2. The van der Waals surface area contributed by atoms with Gasteiger partial charge in [0, 0.05) is 30.5 Å². The Labute approximate surface area is 130 Å².